The highest BCUT2D eigenvalue weighted by molar-refractivity contribution is 6.35. The molecule has 2 aromatic rings. The summed E-state index contributed by atoms with van der Waals surface area (Å²) in [4.78, 5) is 23.2. The summed E-state index contributed by atoms with van der Waals surface area (Å²) in [7, 11) is 1.50. The highest BCUT2D eigenvalue weighted by Crippen LogP contribution is 2.36. The van der Waals surface area contributed by atoms with E-state index in [2.05, 4.69) is 15.8 Å². The third kappa shape index (κ3) is 6.28. The molecule has 28 heavy (non-hydrogen) atoms. The van der Waals surface area contributed by atoms with Crippen molar-refractivity contribution in [2.75, 3.05) is 7.11 Å². The molecule has 148 valence electrons. The van der Waals surface area contributed by atoms with Crippen LogP contribution in [0.1, 0.15) is 25.0 Å². The molecule has 2 amide bonds. The van der Waals surface area contributed by atoms with Crippen molar-refractivity contribution in [3.05, 3.63) is 58.6 Å². The molecular weight excluding hydrogens is 382 g/mol. The maximum absolute atomic E-state index is 11.6. The number of carbonyl (C=O) groups is 2. The van der Waals surface area contributed by atoms with E-state index in [-0.39, 0.29) is 6.04 Å². The van der Waals surface area contributed by atoms with Crippen molar-refractivity contribution in [2.24, 2.45) is 5.10 Å². The zero-order valence-corrected chi connectivity index (χ0v) is 16.6. The van der Waals surface area contributed by atoms with Crippen molar-refractivity contribution in [1.29, 1.82) is 0 Å². The summed E-state index contributed by atoms with van der Waals surface area (Å²) in [5, 5.41) is 6.57. The van der Waals surface area contributed by atoms with E-state index < -0.39 is 11.8 Å². The molecule has 2 aromatic carbocycles. The molecule has 2 N–H and O–H groups in total. The molecule has 0 atom stereocenters. The number of halogens is 1. The van der Waals surface area contributed by atoms with E-state index in [1.165, 1.54) is 13.3 Å². The molecule has 0 aliphatic heterocycles. The summed E-state index contributed by atoms with van der Waals surface area (Å²) in [5.74, 6) is -0.780. The molecular formula is C20H22ClN3O4. The summed E-state index contributed by atoms with van der Waals surface area (Å²) in [5.41, 5.74) is 3.72. The average Bonchev–Trinajstić information content (AvgIpc) is 2.66. The van der Waals surface area contributed by atoms with Crippen LogP contribution < -0.4 is 20.2 Å². The number of hydrogen-bond donors (Lipinski definition) is 2. The Morgan fingerprint density at radius 3 is 2.54 bits per heavy atom. The molecule has 0 heterocycles. The normalized spacial score (nSPS) is 10.8. The van der Waals surface area contributed by atoms with E-state index in [4.69, 9.17) is 21.1 Å². The van der Waals surface area contributed by atoms with Crippen LogP contribution in [0.5, 0.6) is 11.5 Å². The Balaban J connectivity index is 2.05. The third-order valence-electron chi connectivity index (χ3n) is 3.48. The fourth-order valence-corrected chi connectivity index (χ4v) is 2.50. The summed E-state index contributed by atoms with van der Waals surface area (Å²) >= 11 is 6.31. The number of ether oxygens (including phenoxy) is 2. The number of nitrogens with one attached hydrogen (secondary N) is 2. The van der Waals surface area contributed by atoms with Crippen molar-refractivity contribution in [3.63, 3.8) is 0 Å². The van der Waals surface area contributed by atoms with Crippen LogP contribution in [0.2, 0.25) is 5.02 Å². The summed E-state index contributed by atoms with van der Waals surface area (Å²) < 4.78 is 11.1. The summed E-state index contributed by atoms with van der Waals surface area (Å²) in [6.07, 6.45) is 1.36. The van der Waals surface area contributed by atoms with Gasteiger partial charge in [0.25, 0.3) is 0 Å². The van der Waals surface area contributed by atoms with Crippen LogP contribution in [0.25, 0.3) is 0 Å². The van der Waals surface area contributed by atoms with Gasteiger partial charge < -0.3 is 14.8 Å². The fraction of sp³-hybridized carbons (Fsp3) is 0.250. The molecule has 0 aromatic heterocycles. The van der Waals surface area contributed by atoms with Crippen molar-refractivity contribution >= 4 is 29.6 Å². The molecule has 0 aliphatic rings. The van der Waals surface area contributed by atoms with Crippen LogP contribution in [-0.2, 0) is 16.2 Å². The minimum atomic E-state index is -0.856. The first-order valence-electron chi connectivity index (χ1n) is 8.59. The first-order chi connectivity index (χ1) is 13.4. The Labute approximate surface area is 168 Å². The Morgan fingerprint density at radius 1 is 1.18 bits per heavy atom. The van der Waals surface area contributed by atoms with E-state index in [9.17, 15) is 9.59 Å². The molecule has 0 spiro atoms. The lowest BCUT2D eigenvalue weighted by Crippen LogP contribution is -2.41. The first-order valence-corrected chi connectivity index (χ1v) is 8.96. The number of hydrogen-bond acceptors (Lipinski definition) is 5. The lowest BCUT2D eigenvalue weighted by atomic mass is 10.2. The minimum absolute atomic E-state index is 0.145. The minimum Gasteiger partial charge on any atom is -0.493 e. The molecule has 0 saturated carbocycles. The lowest BCUT2D eigenvalue weighted by Gasteiger charge is -2.13. The monoisotopic (exact) mass is 403 g/mol. The summed E-state index contributed by atoms with van der Waals surface area (Å²) in [6.45, 7) is 3.85. The molecule has 0 saturated heterocycles. The van der Waals surface area contributed by atoms with Crippen LogP contribution in [-0.4, -0.2) is 31.2 Å². The number of methoxy groups -OCH3 is 1. The van der Waals surface area contributed by atoms with Gasteiger partial charge in [0.15, 0.2) is 11.5 Å². The van der Waals surface area contributed by atoms with E-state index >= 15 is 0 Å². The number of amides is 2. The van der Waals surface area contributed by atoms with E-state index in [0.29, 0.717) is 28.7 Å². The van der Waals surface area contributed by atoms with E-state index in [1.807, 2.05) is 30.3 Å². The van der Waals surface area contributed by atoms with Crippen LogP contribution in [0.15, 0.2) is 47.6 Å². The molecule has 2 rings (SSSR count). The highest BCUT2D eigenvalue weighted by atomic mass is 35.5. The number of hydrazone groups is 1. The SMILES string of the molecule is COc1cc(/C=N\NC(=O)C(=O)NC(C)C)cc(Cl)c1OCc1ccccc1. The van der Waals surface area contributed by atoms with Crippen molar-refractivity contribution in [3.8, 4) is 11.5 Å². The average molecular weight is 404 g/mol. The van der Waals surface area contributed by atoms with Gasteiger partial charge in [0, 0.05) is 6.04 Å². The number of nitrogens with zero attached hydrogens (tertiary/aromatic N) is 1. The molecule has 0 unspecified atom stereocenters. The fourth-order valence-electron chi connectivity index (χ4n) is 2.23. The molecule has 7 nitrogen and oxygen atoms in total. The van der Waals surface area contributed by atoms with Gasteiger partial charge in [-0.2, -0.15) is 5.10 Å². The largest absolute Gasteiger partial charge is 0.493 e. The van der Waals surface area contributed by atoms with Gasteiger partial charge in [-0.25, -0.2) is 5.43 Å². The van der Waals surface area contributed by atoms with Gasteiger partial charge in [-0.3, -0.25) is 9.59 Å². The van der Waals surface area contributed by atoms with Gasteiger partial charge >= 0.3 is 11.8 Å². The highest BCUT2D eigenvalue weighted by Gasteiger charge is 2.14. The maximum Gasteiger partial charge on any atom is 0.329 e. The predicted octanol–water partition coefficient (Wildman–Crippen LogP) is 2.90. The molecule has 0 radical (unpaired) electrons. The van der Waals surface area contributed by atoms with Crippen LogP contribution in [0.4, 0.5) is 0 Å². The van der Waals surface area contributed by atoms with E-state index in [0.717, 1.165) is 5.56 Å². The van der Waals surface area contributed by atoms with Gasteiger partial charge in [0.1, 0.15) is 6.61 Å². The Morgan fingerprint density at radius 2 is 1.89 bits per heavy atom. The summed E-state index contributed by atoms with van der Waals surface area (Å²) in [6, 6.07) is 12.8. The van der Waals surface area contributed by atoms with Gasteiger partial charge in [0.2, 0.25) is 0 Å². The Hall–Kier alpha value is -3.06. The van der Waals surface area contributed by atoms with Crippen LogP contribution in [0.3, 0.4) is 0 Å². The van der Waals surface area contributed by atoms with Gasteiger partial charge in [-0.05, 0) is 37.1 Å². The van der Waals surface area contributed by atoms with Gasteiger partial charge in [0.05, 0.1) is 18.3 Å². The second-order valence-corrected chi connectivity index (χ2v) is 6.54. The maximum atomic E-state index is 11.6. The first kappa shape index (κ1) is 21.2. The predicted molar refractivity (Wildman–Crippen MR) is 108 cm³/mol. The standard InChI is InChI=1S/C20H22ClN3O4/c1-13(2)23-19(25)20(26)24-22-11-15-9-16(21)18(17(10-15)27-3)28-12-14-7-5-4-6-8-14/h4-11,13H,12H2,1-3H3,(H,23,25)(H,24,26)/b22-11-. The zero-order valence-electron chi connectivity index (χ0n) is 15.9. The van der Waals surface area contributed by atoms with Crippen molar-refractivity contribution < 1.29 is 19.1 Å². The van der Waals surface area contributed by atoms with Crippen LogP contribution in [0, 0.1) is 0 Å². The van der Waals surface area contributed by atoms with E-state index in [1.54, 1.807) is 26.0 Å². The number of carbonyl (C=O) groups excluding carboxylic acids is 2. The Bertz CT molecular complexity index is 854. The van der Waals surface area contributed by atoms with Crippen molar-refractivity contribution in [2.45, 2.75) is 26.5 Å². The van der Waals surface area contributed by atoms with Crippen LogP contribution >= 0.6 is 11.6 Å². The second-order valence-electron chi connectivity index (χ2n) is 6.14. The molecule has 8 heteroatoms. The molecule has 0 aliphatic carbocycles. The second kappa shape index (κ2) is 10.3. The quantitative estimate of drug-likeness (QED) is 0.422. The topological polar surface area (TPSA) is 89.0 Å². The van der Waals surface area contributed by atoms with Gasteiger partial charge in [-0.15, -0.1) is 0 Å². The molecule has 0 fully saturated rings. The number of rotatable bonds is 7. The van der Waals surface area contributed by atoms with Crippen molar-refractivity contribution in [1.82, 2.24) is 10.7 Å². The smallest absolute Gasteiger partial charge is 0.329 e. The van der Waals surface area contributed by atoms with Gasteiger partial charge in [-0.1, -0.05) is 41.9 Å². The zero-order chi connectivity index (χ0) is 20.5. The number of benzene rings is 2. The Kier molecular flexibility index (Phi) is 7.83. The lowest BCUT2D eigenvalue weighted by molar-refractivity contribution is -0.139. The molecule has 0 bridgehead atoms. The third-order valence-corrected chi connectivity index (χ3v) is 3.76.